The van der Waals surface area contributed by atoms with Gasteiger partial charge in [-0.2, -0.15) is 13.2 Å². The Bertz CT molecular complexity index is 764. The molecule has 0 atom stereocenters. The number of nitrogens with two attached hydrogens (primary N) is 1. The summed E-state index contributed by atoms with van der Waals surface area (Å²) in [4.78, 5) is 8.06. The number of fused-ring (bicyclic) bond motifs is 1. The first-order valence-electron chi connectivity index (χ1n) is 8.17. The number of aryl methyl sites for hydroxylation is 1. The maximum atomic E-state index is 12.5. The molecule has 0 saturated heterocycles. The first-order valence-corrected chi connectivity index (χ1v) is 8.17. The van der Waals surface area contributed by atoms with Crippen molar-refractivity contribution in [2.75, 3.05) is 5.32 Å². The first-order chi connectivity index (χ1) is 11.9. The molecular formula is C17H20F3N5. The number of guanidine groups is 1. The molecule has 2 aromatic rings. The molecule has 0 bridgehead atoms. The lowest BCUT2D eigenvalue weighted by Crippen LogP contribution is -2.24. The van der Waals surface area contributed by atoms with Crippen LogP contribution in [-0.4, -0.2) is 21.7 Å². The summed E-state index contributed by atoms with van der Waals surface area (Å²) in [6.45, 7) is -1.10. The molecule has 0 amide bonds. The molecule has 0 unspecified atom stereocenters. The van der Waals surface area contributed by atoms with Crippen LogP contribution in [0.25, 0.3) is 0 Å². The van der Waals surface area contributed by atoms with Gasteiger partial charge in [-0.05, 0) is 42.9 Å². The van der Waals surface area contributed by atoms with E-state index in [2.05, 4.69) is 21.4 Å². The van der Waals surface area contributed by atoms with Crippen molar-refractivity contribution in [2.24, 2.45) is 10.7 Å². The fourth-order valence-electron chi connectivity index (χ4n) is 3.06. The number of halogens is 3. The van der Waals surface area contributed by atoms with Gasteiger partial charge in [0.2, 0.25) is 0 Å². The molecule has 0 aliphatic heterocycles. The van der Waals surface area contributed by atoms with Gasteiger partial charge >= 0.3 is 6.18 Å². The predicted molar refractivity (Wildman–Crippen MR) is 90.3 cm³/mol. The monoisotopic (exact) mass is 351 g/mol. The van der Waals surface area contributed by atoms with Gasteiger partial charge in [0, 0.05) is 18.1 Å². The Morgan fingerprint density at radius 3 is 2.88 bits per heavy atom. The highest BCUT2D eigenvalue weighted by molar-refractivity contribution is 5.93. The molecule has 134 valence electrons. The number of nitrogens with zero attached hydrogens (tertiary/aromatic N) is 3. The van der Waals surface area contributed by atoms with Gasteiger partial charge in [-0.25, -0.2) is 9.98 Å². The predicted octanol–water partition coefficient (Wildman–Crippen LogP) is 3.25. The summed E-state index contributed by atoms with van der Waals surface area (Å²) in [6.07, 6.45) is 2.67. The molecule has 8 heteroatoms. The third kappa shape index (κ3) is 4.52. The summed E-state index contributed by atoms with van der Waals surface area (Å²) in [7, 11) is 0. The van der Waals surface area contributed by atoms with Crippen molar-refractivity contribution < 1.29 is 13.2 Å². The number of hydrogen-bond acceptors (Lipinski definition) is 2. The summed E-state index contributed by atoms with van der Waals surface area (Å²) in [5.41, 5.74) is 9.38. The Morgan fingerprint density at radius 1 is 1.28 bits per heavy atom. The minimum atomic E-state index is -4.30. The van der Waals surface area contributed by atoms with Crippen LogP contribution in [0.4, 0.5) is 18.9 Å². The van der Waals surface area contributed by atoms with Gasteiger partial charge in [0.1, 0.15) is 18.9 Å². The SMILES string of the molecule is NC(=NCc1nccn1CC(F)(F)F)Nc1cccc2c1CCCC2. The van der Waals surface area contributed by atoms with Crippen LogP contribution in [0, 0.1) is 0 Å². The van der Waals surface area contributed by atoms with Crippen molar-refractivity contribution in [2.45, 2.75) is 44.9 Å². The van der Waals surface area contributed by atoms with Crippen LogP contribution in [0.5, 0.6) is 0 Å². The van der Waals surface area contributed by atoms with Gasteiger partial charge in [0.05, 0.1) is 0 Å². The van der Waals surface area contributed by atoms with E-state index in [4.69, 9.17) is 5.73 Å². The maximum absolute atomic E-state index is 12.5. The number of anilines is 1. The van der Waals surface area contributed by atoms with E-state index in [1.807, 2.05) is 12.1 Å². The quantitative estimate of drug-likeness (QED) is 0.656. The fourth-order valence-corrected chi connectivity index (χ4v) is 3.06. The first kappa shape index (κ1) is 17.3. The van der Waals surface area contributed by atoms with E-state index >= 15 is 0 Å². The van der Waals surface area contributed by atoms with Gasteiger partial charge in [-0.3, -0.25) is 0 Å². The van der Waals surface area contributed by atoms with Gasteiger partial charge in [0.15, 0.2) is 5.96 Å². The summed E-state index contributed by atoms with van der Waals surface area (Å²) in [5, 5.41) is 3.07. The van der Waals surface area contributed by atoms with Gasteiger partial charge < -0.3 is 15.6 Å². The van der Waals surface area contributed by atoms with Crippen LogP contribution in [-0.2, 0) is 25.9 Å². The van der Waals surface area contributed by atoms with Crippen LogP contribution >= 0.6 is 0 Å². The van der Waals surface area contributed by atoms with Crippen molar-refractivity contribution in [3.05, 3.63) is 47.5 Å². The van der Waals surface area contributed by atoms with E-state index in [-0.39, 0.29) is 18.3 Å². The van der Waals surface area contributed by atoms with Gasteiger partial charge in [-0.1, -0.05) is 12.1 Å². The lowest BCUT2D eigenvalue weighted by atomic mass is 9.90. The molecule has 1 aliphatic rings. The van der Waals surface area contributed by atoms with E-state index in [1.165, 1.54) is 29.9 Å². The molecule has 0 radical (unpaired) electrons. The molecule has 1 aliphatic carbocycles. The number of hydrogen-bond donors (Lipinski definition) is 2. The summed E-state index contributed by atoms with van der Waals surface area (Å²) in [5.74, 6) is 0.387. The molecule has 1 heterocycles. The van der Waals surface area contributed by atoms with Gasteiger partial charge in [-0.15, -0.1) is 0 Å². The third-order valence-corrected chi connectivity index (χ3v) is 4.20. The largest absolute Gasteiger partial charge is 0.406 e. The maximum Gasteiger partial charge on any atom is 0.406 e. The van der Waals surface area contributed by atoms with E-state index in [1.54, 1.807) is 0 Å². The molecule has 25 heavy (non-hydrogen) atoms. The molecule has 3 rings (SSSR count). The molecule has 5 nitrogen and oxygen atoms in total. The van der Waals surface area contributed by atoms with Crippen molar-refractivity contribution in [1.82, 2.24) is 9.55 Å². The number of benzene rings is 1. The zero-order valence-corrected chi connectivity index (χ0v) is 13.7. The number of alkyl halides is 3. The Kier molecular flexibility index (Phi) is 4.96. The molecular weight excluding hydrogens is 331 g/mol. The number of aromatic nitrogens is 2. The lowest BCUT2D eigenvalue weighted by molar-refractivity contribution is -0.141. The van der Waals surface area contributed by atoms with E-state index in [9.17, 15) is 13.2 Å². The second-order valence-electron chi connectivity index (χ2n) is 6.06. The van der Waals surface area contributed by atoms with Crippen molar-refractivity contribution >= 4 is 11.6 Å². The molecule has 0 saturated carbocycles. The Hall–Kier alpha value is -2.51. The molecule has 1 aromatic carbocycles. The fraction of sp³-hybridized carbons (Fsp3) is 0.412. The Labute approximate surface area is 143 Å². The smallest absolute Gasteiger partial charge is 0.370 e. The summed E-state index contributed by atoms with van der Waals surface area (Å²) < 4.78 is 38.6. The average molecular weight is 351 g/mol. The molecule has 0 spiro atoms. The number of rotatable bonds is 4. The lowest BCUT2D eigenvalue weighted by Gasteiger charge is -2.19. The van der Waals surface area contributed by atoms with Crippen molar-refractivity contribution in [3.63, 3.8) is 0 Å². The minimum Gasteiger partial charge on any atom is -0.370 e. The summed E-state index contributed by atoms with van der Waals surface area (Å²) >= 11 is 0. The zero-order chi connectivity index (χ0) is 17.9. The van der Waals surface area contributed by atoms with Crippen LogP contribution < -0.4 is 11.1 Å². The number of aliphatic imine (C=N–C) groups is 1. The Morgan fingerprint density at radius 2 is 2.08 bits per heavy atom. The van der Waals surface area contributed by atoms with Crippen LogP contribution in [0.2, 0.25) is 0 Å². The zero-order valence-electron chi connectivity index (χ0n) is 13.7. The van der Waals surface area contributed by atoms with Crippen molar-refractivity contribution in [1.29, 1.82) is 0 Å². The second kappa shape index (κ2) is 7.16. The number of nitrogens with one attached hydrogen (secondary N) is 1. The van der Waals surface area contributed by atoms with Gasteiger partial charge in [0.25, 0.3) is 0 Å². The molecule has 1 aromatic heterocycles. The summed E-state index contributed by atoms with van der Waals surface area (Å²) in [6, 6.07) is 6.02. The number of imidazole rings is 1. The minimum absolute atomic E-state index is 0.0169. The highest BCUT2D eigenvalue weighted by Gasteiger charge is 2.28. The van der Waals surface area contributed by atoms with Crippen molar-refractivity contribution in [3.8, 4) is 0 Å². The average Bonchev–Trinajstić information content (AvgIpc) is 2.98. The standard InChI is InChI=1S/C17H20F3N5/c18-17(19,20)11-25-9-8-22-15(25)10-23-16(21)24-14-7-3-5-12-4-1-2-6-13(12)14/h3,5,7-9H,1-2,4,6,10-11H2,(H3,21,23,24). The highest BCUT2D eigenvalue weighted by atomic mass is 19.4. The van der Waals surface area contributed by atoms with Crippen LogP contribution in [0.3, 0.4) is 0 Å². The normalized spacial score (nSPS) is 15.1. The third-order valence-electron chi connectivity index (χ3n) is 4.20. The topological polar surface area (TPSA) is 68.2 Å². The Balaban J connectivity index is 1.69. The van der Waals surface area contributed by atoms with Crippen LogP contribution in [0.1, 0.15) is 29.8 Å². The molecule has 0 fully saturated rings. The van der Waals surface area contributed by atoms with E-state index in [0.717, 1.165) is 29.5 Å². The van der Waals surface area contributed by atoms with Crippen LogP contribution in [0.15, 0.2) is 35.6 Å². The molecule has 3 N–H and O–H groups in total. The van der Waals surface area contributed by atoms with E-state index < -0.39 is 12.7 Å². The highest BCUT2D eigenvalue weighted by Crippen LogP contribution is 2.27. The second-order valence-corrected chi connectivity index (χ2v) is 6.06. The van der Waals surface area contributed by atoms with E-state index in [0.29, 0.717) is 0 Å².